The minimum absolute atomic E-state index is 0.187. The van der Waals surface area contributed by atoms with Gasteiger partial charge in [-0.05, 0) is 35.9 Å². The van der Waals surface area contributed by atoms with Gasteiger partial charge in [0.25, 0.3) is 5.91 Å². The number of nitrogen functional groups attached to an aromatic ring is 1. The van der Waals surface area contributed by atoms with Crippen LogP contribution >= 0.6 is 0 Å². The molecule has 0 aliphatic heterocycles. The third kappa shape index (κ3) is 3.08. The number of hydrogen-bond donors (Lipinski definition) is 3. The number of carbonyl (C=O) groups is 1. The van der Waals surface area contributed by atoms with Crippen LogP contribution in [0.4, 0.5) is 15.8 Å². The second-order valence-electron chi connectivity index (χ2n) is 4.09. The van der Waals surface area contributed by atoms with Gasteiger partial charge in [0.2, 0.25) is 0 Å². The van der Waals surface area contributed by atoms with E-state index in [-0.39, 0.29) is 11.6 Å². The highest BCUT2D eigenvalue weighted by Gasteiger charge is 2.08. The zero-order valence-electron chi connectivity index (χ0n) is 10.2. The van der Waals surface area contributed by atoms with Crippen molar-refractivity contribution in [1.82, 2.24) is 0 Å². The van der Waals surface area contributed by atoms with Crippen molar-refractivity contribution in [3.63, 3.8) is 0 Å². The first kappa shape index (κ1) is 13.0. The molecule has 19 heavy (non-hydrogen) atoms. The molecule has 1 amide bonds. The van der Waals surface area contributed by atoms with E-state index in [2.05, 4.69) is 5.32 Å². The lowest BCUT2D eigenvalue weighted by Gasteiger charge is -2.08. The number of rotatable bonds is 3. The Kier molecular flexibility index (Phi) is 3.77. The molecule has 0 aliphatic rings. The topological polar surface area (TPSA) is 81.1 Å². The normalized spacial score (nSPS) is 10.2. The molecule has 98 valence electrons. The number of benzene rings is 2. The zero-order valence-corrected chi connectivity index (χ0v) is 10.2. The predicted octanol–water partition coefficient (Wildman–Crippen LogP) is 2.12. The molecule has 0 aromatic heterocycles. The number of hydrogen-bond acceptors (Lipinski definition) is 3. The largest absolute Gasteiger partial charge is 0.397 e. The van der Waals surface area contributed by atoms with Gasteiger partial charge >= 0.3 is 0 Å². The van der Waals surface area contributed by atoms with Gasteiger partial charge in [0.05, 0.1) is 11.4 Å². The first-order chi connectivity index (χ1) is 9.10. The molecule has 0 saturated carbocycles. The molecule has 0 fully saturated rings. The van der Waals surface area contributed by atoms with Gasteiger partial charge in [-0.1, -0.05) is 12.1 Å². The van der Waals surface area contributed by atoms with Crippen LogP contribution in [0.25, 0.3) is 0 Å². The van der Waals surface area contributed by atoms with Gasteiger partial charge in [-0.25, -0.2) is 4.39 Å². The van der Waals surface area contributed by atoms with E-state index < -0.39 is 5.82 Å². The van der Waals surface area contributed by atoms with Gasteiger partial charge < -0.3 is 16.8 Å². The lowest BCUT2D eigenvalue weighted by atomic mass is 10.1. The number of nitrogens with two attached hydrogens (primary N) is 2. The van der Waals surface area contributed by atoms with E-state index >= 15 is 0 Å². The number of carbonyl (C=O) groups excluding carboxylic acids is 1. The summed E-state index contributed by atoms with van der Waals surface area (Å²) >= 11 is 0. The maximum absolute atomic E-state index is 12.9. The highest BCUT2D eigenvalue weighted by Crippen LogP contribution is 2.20. The maximum Gasteiger partial charge on any atom is 0.255 e. The number of halogens is 1. The van der Waals surface area contributed by atoms with Crippen LogP contribution in [-0.2, 0) is 6.54 Å². The number of amides is 1. The second kappa shape index (κ2) is 5.49. The number of nitrogens with one attached hydrogen (secondary N) is 1. The molecule has 2 rings (SSSR count). The zero-order chi connectivity index (χ0) is 13.8. The van der Waals surface area contributed by atoms with E-state index in [0.717, 1.165) is 11.6 Å². The van der Waals surface area contributed by atoms with Crippen LogP contribution in [-0.4, -0.2) is 5.91 Å². The highest BCUT2D eigenvalue weighted by molar-refractivity contribution is 6.05. The van der Waals surface area contributed by atoms with Crippen molar-refractivity contribution in [3.05, 3.63) is 59.4 Å². The van der Waals surface area contributed by atoms with Gasteiger partial charge in [-0.2, -0.15) is 0 Å². The first-order valence-electron chi connectivity index (χ1n) is 5.75. The molecular formula is C14H14FN3O. The van der Waals surface area contributed by atoms with Crippen molar-refractivity contribution < 1.29 is 9.18 Å². The number of anilines is 2. The van der Waals surface area contributed by atoms with Crippen molar-refractivity contribution in [2.45, 2.75) is 6.54 Å². The Bertz CT molecular complexity index is 596. The van der Waals surface area contributed by atoms with Crippen LogP contribution in [0, 0.1) is 5.82 Å². The maximum atomic E-state index is 12.9. The van der Waals surface area contributed by atoms with Crippen LogP contribution in [0.3, 0.4) is 0 Å². The molecule has 0 bridgehead atoms. The Morgan fingerprint density at radius 3 is 2.42 bits per heavy atom. The summed E-state index contributed by atoms with van der Waals surface area (Å²) in [4.78, 5) is 12.0. The fourth-order valence-corrected chi connectivity index (χ4v) is 1.63. The van der Waals surface area contributed by atoms with Crippen LogP contribution in [0.2, 0.25) is 0 Å². The molecular weight excluding hydrogens is 245 g/mol. The van der Waals surface area contributed by atoms with Gasteiger partial charge in [-0.3, -0.25) is 4.79 Å². The lowest BCUT2D eigenvalue weighted by molar-refractivity contribution is 0.102. The molecule has 0 radical (unpaired) electrons. The van der Waals surface area contributed by atoms with Crippen molar-refractivity contribution in [1.29, 1.82) is 0 Å². The average Bonchev–Trinajstić information content (AvgIpc) is 2.42. The standard InChI is InChI=1S/C14H14FN3O/c15-11-5-6-13(12(17)7-11)18-14(19)10-3-1-9(8-16)2-4-10/h1-7H,8,16-17H2,(H,18,19). The van der Waals surface area contributed by atoms with Gasteiger partial charge in [0.1, 0.15) is 5.82 Å². The van der Waals surface area contributed by atoms with Crippen LogP contribution < -0.4 is 16.8 Å². The Hall–Kier alpha value is -2.40. The summed E-state index contributed by atoms with van der Waals surface area (Å²) in [5.41, 5.74) is 13.1. The van der Waals surface area contributed by atoms with Crippen LogP contribution in [0.15, 0.2) is 42.5 Å². The second-order valence-corrected chi connectivity index (χ2v) is 4.09. The molecule has 5 heteroatoms. The average molecular weight is 259 g/mol. The minimum Gasteiger partial charge on any atom is -0.397 e. The summed E-state index contributed by atoms with van der Waals surface area (Å²) < 4.78 is 12.9. The van der Waals surface area contributed by atoms with Crippen LogP contribution in [0.5, 0.6) is 0 Å². The van der Waals surface area contributed by atoms with Gasteiger partial charge in [0.15, 0.2) is 0 Å². The Morgan fingerprint density at radius 2 is 1.84 bits per heavy atom. The molecule has 0 saturated heterocycles. The molecule has 2 aromatic rings. The monoisotopic (exact) mass is 259 g/mol. The van der Waals surface area contributed by atoms with Gasteiger partial charge in [0, 0.05) is 12.1 Å². The molecule has 0 aliphatic carbocycles. The fraction of sp³-hybridized carbons (Fsp3) is 0.0714. The van der Waals surface area contributed by atoms with Crippen LogP contribution in [0.1, 0.15) is 15.9 Å². The summed E-state index contributed by atoms with van der Waals surface area (Å²) in [7, 11) is 0. The van der Waals surface area contributed by atoms with Crippen molar-refractivity contribution in [3.8, 4) is 0 Å². The Balaban J connectivity index is 2.15. The molecule has 0 heterocycles. The van der Waals surface area contributed by atoms with E-state index in [0.29, 0.717) is 17.8 Å². The van der Waals surface area contributed by atoms with Crippen molar-refractivity contribution in [2.24, 2.45) is 5.73 Å². The highest BCUT2D eigenvalue weighted by atomic mass is 19.1. The molecule has 4 nitrogen and oxygen atoms in total. The fourth-order valence-electron chi connectivity index (χ4n) is 1.63. The summed E-state index contributed by atoms with van der Waals surface area (Å²) in [6.07, 6.45) is 0. The van der Waals surface area contributed by atoms with Crippen molar-refractivity contribution in [2.75, 3.05) is 11.1 Å². The molecule has 0 unspecified atom stereocenters. The van der Waals surface area contributed by atoms with Gasteiger partial charge in [-0.15, -0.1) is 0 Å². The van der Waals surface area contributed by atoms with E-state index in [1.807, 2.05) is 0 Å². The third-order valence-corrected chi connectivity index (χ3v) is 2.71. The molecule has 2 aromatic carbocycles. The minimum atomic E-state index is -0.442. The Labute approximate surface area is 110 Å². The Morgan fingerprint density at radius 1 is 1.16 bits per heavy atom. The summed E-state index contributed by atoms with van der Waals surface area (Å²) in [5, 5.41) is 2.63. The predicted molar refractivity (Wildman–Crippen MR) is 73.1 cm³/mol. The van der Waals surface area contributed by atoms with Crippen molar-refractivity contribution >= 4 is 17.3 Å². The SMILES string of the molecule is NCc1ccc(C(=O)Nc2ccc(F)cc2N)cc1. The smallest absolute Gasteiger partial charge is 0.255 e. The van der Waals surface area contributed by atoms with E-state index in [9.17, 15) is 9.18 Å². The first-order valence-corrected chi connectivity index (χ1v) is 5.75. The molecule has 0 spiro atoms. The summed E-state index contributed by atoms with van der Waals surface area (Å²) in [6, 6.07) is 10.7. The summed E-state index contributed by atoms with van der Waals surface area (Å²) in [5.74, 6) is -0.746. The molecule has 0 atom stereocenters. The van der Waals surface area contributed by atoms with E-state index in [1.54, 1.807) is 24.3 Å². The summed E-state index contributed by atoms with van der Waals surface area (Å²) in [6.45, 7) is 0.423. The molecule has 5 N–H and O–H groups in total. The quantitative estimate of drug-likeness (QED) is 0.738. The third-order valence-electron chi connectivity index (χ3n) is 2.71. The van der Waals surface area contributed by atoms with E-state index in [1.165, 1.54) is 12.1 Å². The van der Waals surface area contributed by atoms with E-state index in [4.69, 9.17) is 11.5 Å². The lowest BCUT2D eigenvalue weighted by Crippen LogP contribution is -2.13.